The van der Waals surface area contributed by atoms with E-state index in [1.165, 1.54) is 0 Å². The lowest BCUT2D eigenvalue weighted by atomic mass is 9.86. The van der Waals surface area contributed by atoms with Gasteiger partial charge in [-0.15, -0.1) is 0 Å². The second kappa shape index (κ2) is 7.08. The molecule has 0 radical (unpaired) electrons. The highest BCUT2D eigenvalue weighted by Gasteiger charge is 2.26. The van der Waals surface area contributed by atoms with E-state index in [2.05, 4.69) is 0 Å². The number of amides is 1. The molecule has 0 unspecified atom stereocenters. The SMILES string of the molecule is CN(C(=O)OCc1ccccc1)[C@H]1CC[C@@H](C=O)CC1. The lowest BCUT2D eigenvalue weighted by molar-refractivity contribution is -0.112. The summed E-state index contributed by atoms with van der Waals surface area (Å²) in [5.74, 6) is 0.167. The van der Waals surface area contributed by atoms with Crippen molar-refractivity contribution < 1.29 is 14.3 Å². The van der Waals surface area contributed by atoms with E-state index in [4.69, 9.17) is 4.74 Å². The van der Waals surface area contributed by atoms with Crippen LogP contribution in [-0.2, 0) is 16.1 Å². The zero-order valence-corrected chi connectivity index (χ0v) is 11.8. The van der Waals surface area contributed by atoms with Gasteiger partial charge in [-0.05, 0) is 31.2 Å². The smallest absolute Gasteiger partial charge is 0.410 e. The minimum atomic E-state index is -0.289. The largest absolute Gasteiger partial charge is 0.445 e. The average Bonchev–Trinajstić information content (AvgIpc) is 2.53. The van der Waals surface area contributed by atoms with Gasteiger partial charge in [-0.3, -0.25) is 0 Å². The number of nitrogens with zero attached hydrogens (tertiary/aromatic N) is 1. The summed E-state index contributed by atoms with van der Waals surface area (Å²) >= 11 is 0. The summed E-state index contributed by atoms with van der Waals surface area (Å²) in [6, 6.07) is 9.84. The number of ether oxygens (including phenoxy) is 1. The Labute approximate surface area is 119 Å². The summed E-state index contributed by atoms with van der Waals surface area (Å²) in [7, 11) is 1.78. The van der Waals surface area contributed by atoms with Crippen LogP contribution in [-0.4, -0.2) is 30.4 Å². The molecule has 1 aromatic carbocycles. The highest BCUT2D eigenvalue weighted by molar-refractivity contribution is 5.67. The third-order valence-corrected chi connectivity index (χ3v) is 3.97. The molecule has 4 nitrogen and oxygen atoms in total. The normalized spacial score (nSPS) is 22.1. The molecule has 4 heteroatoms. The van der Waals surface area contributed by atoms with Crippen LogP contribution in [0.25, 0.3) is 0 Å². The Morgan fingerprint density at radius 3 is 2.50 bits per heavy atom. The summed E-state index contributed by atoms with van der Waals surface area (Å²) in [6.45, 7) is 0.299. The summed E-state index contributed by atoms with van der Waals surface area (Å²) in [5.41, 5.74) is 0.985. The van der Waals surface area contributed by atoms with Crippen molar-refractivity contribution >= 4 is 12.4 Å². The molecule has 0 heterocycles. The number of carbonyl (C=O) groups is 2. The van der Waals surface area contributed by atoms with E-state index in [1.54, 1.807) is 11.9 Å². The summed E-state index contributed by atoms with van der Waals surface area (Å²) in [4.78, 5) is 24.4. The van der Waals surface area contributed by atoms with Crippen LogP contribution < -0.4 is 0 Å². The third-order valence-electron chi connectivity index (χ3n) is 3.97. The molecule has 1 fully saturated rings. The molecule has 1 aliphatic carbocycles. The Bertz CT molecular complexity index is 438. The first-order chi connectivity index (χ1) is 9.70. The highest BCUT2D eigenvalue weighted by atomic mass is 16.6. The van der Waals surface area contributed by atoms with E-state index in [0.29, 0.717) is 6.61 Å². The second-order valence-electron chi connectivity index (χ2n) is 5.36. The maximum Gasteiger partial charge on any atom is 0.410 e. The van der Waals surface area contributed by atoms with Crippen LogP contribution in [0.5, 0.6) is 0 Å². The molecule has 108 valence electrons. The van der Waals surface area contributed by atoms with Gasteiger partial charge in [-0.25, -0.2) is 4.79 Å². The van der Waals surface area contributed by atoms with Crippen molar-refractivity contribution in [1.29, 1.82) is 0 Å². The number of hydrogen-bond acceptors (Lipinski definition) is 3. The van der Waals surface area contributed by atoms with Crippen LogP contribution in [0, 0.1) is 5.92 Å². The Kier molecular flexibility index (Phi) is 5.16. The molecule has 1 aromatic rings. The summed E-state index contributed by atoms with van der Waals surface area (Å²) in [5, 5.41) is 0. The van der Waals surface area contributed by atoms with Crippen LogP contribution >= 0.6 is 0 Å². The molecule has 0 bridgehead atoms. The van der Waals surface area contributed by atoms with Crippen molar-refractivity contribution in [1.82, 2.24) is 4.90 Å². The lowest BCUT2D eigenvalue weighted by Crippen LogP contribution is -2.39. The fourth-order valence-corrected chi connectivity index (χ4v) is 2.60. The van der Waals surface area contributed by atoms with Gasteiger partial charge in [-0.1, -0.05) is 30.3 Å². The predicted octanol–water partition coefficient (Wildman–Crippen LogP) is 3.01. The van der Waals surface area contributed by atoms with E-state index < -0.39 is 0 Å². The first-order valence-corrected chi connectivity index (χ1v) is 7.09. The van der Waals surface area contributed by atoms with Crippen LogP contribution in [0.2, 0.25) is 0 Å². The molecule has 0 N–H and O–H groups in total. The van der Waals surface area contributed by atoms with Crippen molar-refractivity contribution in [2.24, 2.45) is 5.92 Å². The number of carbonyl (C=O) groups excluding carboxylic acids is 2. The molecule has 0 spiro atoms. The molecule has 2 rings (SSSR count). The number of rotatable bonds is 4. The van der Waals surface area contributed by atoms with Gasteiger partial charge in [0.25, 0.3) is 0 Å². The Morgan fingerprint density at radius 2 is 1.90 bits per heavy atom. The highest BCUT2D eigenvalue weighted by Crippen LogP contribution is 2.26. The maximum absolute atomic E-state index is 12.0. The van der Waals surface area contributed by atoms with Gasteiger partial charge in [0.2, 0.25) is 0 Å². The van der Waals surface area contributed by atoms with Crippen molar-refractivity contribution in [3.05, 3.63) is 35.9 Å². The van der Waals surface area contributed by atoms with Crippen LogP contribution in [0.3, 0.4) is 0 Å². The van der Waals surface area contributed by atoms with E-state index in [-0.39, 0.29) is 18.1 Å². The molecule has 0 atom stereocenters. The molecule has 0 saturated heterocycles. The third kappa shape index (κ3) is 3.83. The van der Waals surface area contributed by atoms with E-state index in [1.807, 2.05) is 30.3 Å². The van der Waals surface area contributed by atoms with Gasteiger partial charge in [0.15, 0.2) is 0 Å². The van der Waals surface area contributed by atoms with Crippen molar-refractivity contribution in [2.75, 3.05) is 7.05 Å². The van der Waals surface area contributed by atoms with E-state index in [0.717, 1.165) is 37.5 Å². The van der Waals surface area contributed by atoms with Crippen LogP contribution in [0.1, 0.15) is 31.2 Å². The Balaban J connectivity index is 1.79. The topological polar surface area (TPSA) is 46.6 Å². The minimum absolute atomic E-state index is 0.167. The number of benzene rings is 1. The minimum Gasteiger partial charge on any atom is -0.445 e. The second-order valence-corrected chi connectivity index (χ2v) is 5.36. The fourth-order valence-electron chi connectivity index (χ4n) is 2.60. The molecule has 1 amide bonds. The van der Waals surface area contributed by atoms with Crippen LogP contribution in [0.15, 0.2) is 30.3 Å². The zero-order valence-electron chi connectivity index (χ0n) is 11.8. The molecule has 1 aliphatic rings. The van der Waals surface area contributed by atoms with Gasteiger partial charge in [-0.2, -0.15) is 0 Å². The Morgan fingerprint density at radius 1 is 1.25 bits per heavy atom. The average molecular weight is 275 g/mol. The van der Waals surface area contributed by atoms with E-state index in [9.17, 15) is 9.59 Å². The lowest BCUT2D eigenvalue weighted by Gasteiger charge is -2.32. The summed E-state index contributed by atoms with van der Waals surface area (Å²) in [6.07, 6.45) is 4.22. The molecule has 1 saturated carbocycles. The number of aldehydes is 1. The monoisotopic (exact) mass is 275 g/mol. The van der Waals surface area contributed by atoms with Gasteiger partial charge in [0, 0.05) is 19.0 Å². The fraction of sp³-hybridized carbons (Fsp3) is 0.500. The van der Waals surface area contributed by atoms with E-state index >= 15 is 0 Å². The maximum atomic E-state index is 12.0. The van der Waals surface area contributed by atoms with Crippen molar-refractivity contribution in [2.45, 2.75) is 38.3 Å². The predicted molar refractivity (Wildman–Crippen MR) is 76.2 cm³/mol. The van der Waals surface area contributed by atoms with Crippen LogP contribution in [0.4, 0.5) is 4.79 Å². The first-order valence-electron chi connectivity index (χ1n) is 7.09. The quantitative estimate of drug-likeness (QED) is 0.793. The molecule has 0 aliphatic heterocycles. The molecule has 20 heavy (non-hydrogen) atoms. The van der Waals surface area contributed by atoms with Gasteiger partial charge in [0.05, 0.1) is 0 Å². The first kappa shape index (κ1) is 14.6. The standard InChI is InChI=1S/C16H21NO3/c1-17(15-9-7-13(11-18)8-10-15)16(19)20-12-14-5-3-2-4-6-14/h2-6,11,13,15H,7-10,12H2,1H3/t13-,15+. The van der Waals surface area contributed by atoms with Gasteiger partial charge >= 0.3 is 6.09 Å². The molecular weight excluding hydrogens is 254 g/mol. The zero-order chi connectivity index (χ0) is 14.4. The van der Waals surface area contributed by atoms with Crippen molar-refractivity contribution in [3.63, 3.8) is 0 Å². The number of hydrogen-bond donors (Lipinski definition) is 0. The Hall–Kier alpha value is -1.84. The molecule has 0 aromatic heterocycles. The van der Waals surface area contributed by atoms with Gasteiger partial charge < -0.3 is 14.4 Å². The van der Waals surface area contributed by atoms with Gasteiger partial charge in [0.1, 0.15) is 12.9 Å². The summed E-state index contributed by atoms with van der Waals surface area (Å²) < 4.78 is 5.31. The molecular formula is C16H21NO3. The van der Waals surface area contributed by atoms with Crippen molar-refractivity contribution in [3.8, 4) is 0 Å².